The minimum absolute atomic E-state index is 0.103. The summed E-state index contributed by atoms with van der Waals surface area (Å²) in [6, 6.07) is 0. The first-order valence-electron chi connectivity index (χ1n) is 9.51. The molecule has 0 bridgehead atoms. The lowest BCUT2D eigenvalue weighted by molar-refractivity contribution is -0.729. The van der Waals surface area contributed by atoms with Crippen LogP contribution < -0.4 is 10.2 Å². The van der Waals surface area contributed by atoms with Gasteiger partial charge in [0.1, 0.15) is 17.5 Å². The van der Waals surface area contributed by atoms with Crippen molar-refractivity contribution in [3.8, 4) is 0 Å². The molecule has 8 heteroatoms. The molecule has 2 heterocycles. The lowest BCUT2D eigenvalue weighted by Crippen LogP contribution is -2.57. The Morgan fingerprint density at radius 3 is 2.78 bits per heavy atom. The number of aromatic nitrogens is 1. The molecule has 1 atom stereocenters. The Kier molecular flexibility index (Phi) is 5.01. The third-order valence-corrected chi connectivity index (χ3v) is 5.08. The summed E-state index contributed by atoms with van der Waals surface area (Å²) in [4.78, 5) is 30.3. The first-order chi connectivity index (χ1) is 12.6. The van der Waals surface area contributed by atoms with Crippen LogP contribution in [0.25, 0.3) is 0 Å². The number of aryl methyl sites for hydroxylation is 1. The molecule has 27 heavy (non-hydrogen) atoms. The van der Waals surface area contributed by atoms with Gasteiger partial charge in [-0.05, 0) is 59.8 Å². The van der Waals surface area contributed by atoms with E-state index in [1.165, 1.54) is 6.20 Å². The van der Waals surface area contributed by atoms with Crippen molar-refractivity contribution in [3.05, 3.63) is 22.4 Å². The van der Waals surface area contributed by atoms with Gasteiger partial charge in [-0.3, -0.25) is 4.98 Å². The molecule has 1 fully saturated rings. The lowest BCUT2D eigenvalue weighted by atomic mass is 9.90. The molecule has 2 aliphatic rings. The van der Waals surface area contributed by atoms with Crippen LogP contribution in [0, 0.1) is 4.91 Å². The van der Waals surface area contributed by atoms with Crippen LogP contribution in [0.2, 0.25) is 0 Å². The van der Waals surface area contributed by atoms with Crippen LogP contribution in [0.15, 0.2) is 6.20 Å². The van der Waals surface area contributed by atoms with Crippen molar-refractivity contribution >= 4 is 17.5 Å². The molecule has 1 aromatic heterocycles. The molecule has 1 amide bonds. The molecule has 0 spiro atoms. The highest BCUT2D eigenvalue weighted by molar-refractivity contribution is 5.71. The number of anilines is 1. The molecule has 2 N–H and O–H groups in total. The van der Waals surface area contributed by atoms with E-state index in [4.69, 9.17) is 4.74 Å². The van der Waals surface area contributed by atoms with E-state index in [0.717, 1.165) is 55.6 Å². The summed E-state index contributed by atoms with van der Waals surface area (Å²) >= 11 is 0. The molecule has 0 saturated carbocycles. The fraction of sp³-hybridized carbons (Fsp3) is 0.684. The summed E-state index contributed by atoms with van der Waals surface area (Å²) in [6.07, 6.45) is 5.38. The molecule has 1 saturated heterocycles. The van der Waals surface area contributed by atoms with E-state index < -0.39 is 17.2 Å². The largest absolute Gasteiger partial charge is 0.444 e. The number of rotatable bonds is 3. The van der Waals surface area contributed by atoms with Crippen LogP contribution in [-0.2, 0) is 17.6 Å². The Morgan fingerprint density at radius 1 is 1.37 bits per heavy atom. The van der Waals surface area contributed by atoms with Gasteiger partial charge in [0.2, 0.25) is 0 Å². The smallest absolute Gasteiger partial charge is 0.408 e. The van der Waals surface area contributed by atoms with Crippen molar-refractivity contribution in [2.75, 3.05) is 18.0 Å². The SMILES string of the molecule is CC1(NC(=O)OC(C)(C)C)CCCN(c2c([N+](=O)O)cnc3c2CCC3)C1. The monoisotopic (exact) mass is 377 g/mol. The Labute approximate surface area is 159 Å². The fourth-order valence-electron chi connectivity index (χ4n) is 4.06. The Bertz CT molecular complexity index is 759. The minimum Gasteiger partial charge on any atom is -0.444 e. The van der Waals surface area contributed by atoms with Crippen LogP contribution in [0.5, 0.6) is 0 Å². The molecule has 1 unspecified atom stereocenters. The van der Waals surface area contributed by atoms with Gasteiger partial charge in [-0.15, -0.1) is 0 Å². The predicted molar refractivity (Wildman–Crippen MR) is 101 cm³/mol. The molecule has 0 aromatic carbocycles. The van der Waals surface area contributed by atoms with Gasteiger partial charge in [-0.2, -0.15) is 0 Å². The van der Waals surface area contributed by atoms with Crippen LogP contribution in [0.3, 0.4) is 0 Å². The van der Waals surface area contributed by atoms with Crippen molar-refractivity contribution in [2.45, 2.75) is 70.9 Å². The average molecular weight is 377 g/mol. The molecule has 148 valence electrons. The van der Waals surface area contributed by atoms with Gasteiger partial charge in [-0.25, -0.2) is 10.0 Å². The van der Waals surface area contributed by atoms with Gasteiger partial charge in [0.15, 0.2) is 0 Å². The van der Waals surface area contributed by atoms with Gasteiger partial charge in [0, 0.05) is 24.3 Å². The maximum absolute atomic E-state index is 12.3. The summed E-state index contributed by atoms with van der Waals surface area (Å²) in [5.74, 6) is 0. The number of hydrogen-bond donors (Lipinski definition) is 2. The van der Waals surface area contributed by atoms with Gasteiger partial charge in [-0.1, -0.05) is 0 Å². The Balaban J connectivity index is 1.86. The molecule has 1 aliphatic carbocycles. The summed E-state index contributed by atoms with van der Waals surface area (Å²) in [7, 11) is 0. The van der Waals surface area contributed by atoms with E-state index in [0.29, 0.717) is 6.54 Å². The van der Waals surface area contributed by atoms with Crippen molar-refractivity contribution in [2.24, 2.45) is 0 Å². The number of hydrogen-bond acceptors (Lipinski definition) is 5. The molecule has 0 radical (unpaired) electrons. The second kappa shape index (κ2) is 6.98. The first-order valence-corrected chi connectivity index (χ1v) is 9.51. The van der Waals surface area contributed by atoms with Crippen molar-refractivity contribution in [3.63, 3.8) is 0 Å². The van der Waals surface area contributed by atoms with Crippen molar-refractivity contribution < 1.29 is 19.7 Å². The average Bonchev–Trinajstić information content (AvgIpc) is 2.99. The number of alkyl carbamates (subject to hydrolysis) is 1. The zero-order valence-electron chi connectivity index (χ0n) is 16.5. The molecular weight excluding hydrogens is 348 g/mol. The minimum atomic E-state index is -0.562. The van der Waals surface area contributed by atoms with E-state index in [9.17, 15) is 14.9 Å². The van der Waals surface area contributed by atoms with Gasteiger partial charge in [0.25, 0.3) is 4.92 Å². The van der Waals surface area contributed by atoms with E-state index >= 15 is 0 Å². The summed E-state index contributed by atoms with van der Waals surface area (Å²) in [5.41, 5.74) is 1.87. The van der Waals surface area contributed by atoms with Crippen molar-refractivity contribution in [1.82, 2.24) is 10.3 Å². The molecule has 1 aromatic rings. The maximum atomic E-state index is 12.3. The maximum Gasteiger partial charge on any atom is 0.408 e. The number of nitrogens with zero attached hydrogens (tertiary/aromatic N) is 3. The number of piperidine rings is 1. The van der Waals surface area contributed by atoms with E-state index in [1.807, 2.05) is 27.7 Å². The summed E-state index contributed by atoms with van der Waals surface area (Å²) < 4.78 is 5.41. The van der Waals surface area contributed by atoms with Crippen LogP contribution in [0.4, 0.5) is 16.2 Å². The highest BCUT2D eigenvalue weighted by Gasteiger charge is 2.39. The normalized spacial score (nSPS) is 22.3. The van der Waals surface area contributed by atoms with E-state index in [2.05, 4.69) is 15.2 Å². The van der Waals surface area contributed by atoms with E-state index in [-0.39, 0.29) is 10.6 Å². The zero-order chi connectivity index (χ0) is 19.8. The number of amides is 1. The summed E-state index contributed by atoms with van der Waals surface area (Å²) in [5, 5.41) is 12.6. The van der Waals surface area contributed by atoms with E-state index in [1.54, 1.807) is 0 Å². The number of carbonyl (C=O) groups is 1. The molecule has 8 nitrogen and oxygen atoms in total. The third-order valence-electron chi connectivity index (χ3n) is 5.08. The van der Waals surface area contributed by atoms with Gasteiger partial charge in [0.05, 0.1) is 10.4 Å². The molecule has 3 rings (SSSR count). The fourth-order valence-corrected chi connectivity index (χ4v) is 4.06. The molecule has 1 aliphatic heterocycles. The quantitative estimate of drug-likeness (QED) is 0.785. The van der Waals surface area contributed by atoms with Crippen molar-refractivity contribution in [1.29, 1.82) is 0 Å². The summed E-state index contributed by atoms with van der Waals surface area (Å²) in [6.45, 7) is 8.76. The second-order valence-electron chi connectivity index (χ2n) is 8.76. The van der Waals surface area contributed by atoms with Crippen LogP contribution in [-0.4, -0.2) is 45.4 Å². The third kappa shape index (κ3) is 4.31. The lowest BCUT2D eigenvalue weighted by Gasteiger charge is -2.42. The van der Waals surface area contributed by atoms with Crippen LogP contribution >= 0.6 is 0 Å². The van der Waals surface area contributed by atoms with Crippen LogP contribution in [0.1, 0.15) is 58.2 Å². The predicted octanol–water partition coefficient (Wildman–Crippen LogP) is 3.25. The zero-order valence-corrected chi connectivity index (χ0v) is 16.5. The topological polar surface area (TPSA) is 94.8 Å². The second-order valence-corrected chi connectivity index (χ2v) is 8.76. The van der Waals surface area contributed by atoms with Gasteiger partial charge < -0.3 is 15.0 Å². The molecular formula is C19H29N4O4+. The Hall–Kier alpha value is -2.38. The first kappa shape index (κ1) is 19.4. The highest BCUT2D eigenvalue weighted by atomic mass is 16.6. The highest BCUT2D eigenvalue weighted by Crippen LogP contribution is 2.39. The number of pyridine rings is 1. The number of ether oxygens (including phenoxy) is 1. The Morgan fingerprint density at radius 2 is 2.11 bits per heavy atom. The van der Waals surface area contributed by atoms with Gasteiger partial charge >= 0.3 is 11.8 Å². The number of nitrogens with one attached hydrogen (secondary N) is 1. The standard InChI is InChI=1S/C19H28N4O4/c1-18(2,3)27-17(24)21-19(4)9-6-10-22(12-19)16-13-7-5-8-14(13)20-11-15(16)23(25)26/h11H,5-10,12H2,1-4H3,(H-,21,24,25,26)/p+1. The number of carbonyl (C=O) groups excluding carboxylic acids is 1. The number of fused-ring (bicyclic) bond motifs is 1.